The third-order valence-electron chi connectivity index (χ3n) is 2.96. The van der Waals surface area contributed by atoms with Gasteiger partial charge in [-0.3, -0.25) is 4.79 Å². The van der Waals surface area contributed by atoms with E-state index in [1.165, 1.54) is 0 Å². The van der Waals surface area contributed by atoms with Crippen LogP contribution in [0.15, 0.2) is 23.1 Å². The molecule has 0 spiro atoms. The molecule has 0 aromatic heterocycles. The van der Waals surface area contributed by atoms with Crippen LogP contribution in [0.5, 0.6) is 0 Å². The maximum atomic E-state index is 12.8. The lowest BCUT2D eigenvalue weighted by molar-refractivity contribution is -0.143. The first-order valence-corrected chi connectivity index (χ1v) is 8.23. The minimum absolute atomic E-state index is 0.416. The summed E-state index contributed by atoms with van der Waals surface area (Å²) in [6, 6.07) is 0.949. The first-order chi connectivity index (χ1) is 10.4. The van der Waals surface area contributed by atoms with Crippen LogP contribution in [0.4, 0.5) is 13.2 Å². The van der Waals surface area contributed by atoms with Gasteiger partial charge >= 0.3 is 12.1 Å². The fourth-order valence-electron chi connectivity index (χ4n) is 1.71. The van der Waals surface area contributed by atoms with E-state index in [-0.39, 0.29) is 0 Å². The van der Waals surface area contributed by atoms with E-state index in [1.807, 2.05) is 4.72 Å². The monoisotopic (exact) mass is 373 g/mol. The van der Waals surface area contributed by atoms with Gasteiger partial charge in [-0.15, -0.1) is 0 Å². The molecule has 0 unspecified atom stereocenters. The van der Waals surface area contributed by atoms with Gasteiger partial charge in [-0.25, -0.2) is 8.42 Å². The number of carbonyl (C=O) groups excluding carboxylic acids is 1. The second-order valence-corrected chi connectivity index (χ2v) is 7.13. The number of esters is 1. The van der Waals surface area contributed by atoms with Gasteiger partial charge in [0.25, 0.3) is 0 Å². The highest BCUT2D eigenvalue weighted by Gasteiger charge is 2.35. The number of rotatable bonds is 5. The highest BCUT2D eigenvalue weighted by molar-refractivity contribution is 7.89. The Morgan fingerprint density at radius 1 is 1.30 bits per heavy atom. The summed E-state index contributed by atoms with van der Waals surface area (Å²) in [6.07, 6.45) is -4.80. The van der Waals surface area contributed by atoms with E-state index in [0.717, 1.165) is 19.2 Å². The van der Waals surface area contributed by atoms with Crippen LogP contribution in [0.25, 0.3) is 0 Å². The molecule has 0 fully saturated rings. The number of halogens is 4. The molecule has 0 amide bonds. The van der Waals surface area contributed by atoms with E-state index in [4.69, 9.17) is 11.6 Å². The molecule has 0 aliphatic heterocycles. The number of hydrogen-bond donors (Lipinski definition) is 1. The Morgan fingerprint density at radius 2 is 1.87 bits per heavy atom. The molecule has 1 rings (SSSR count). The average Bonchev–Trinajstić information content (AvgIpc) is 2.42. The van der Waals surface area contributed by atoms with Gasteiger partial charge in [-0.2, -0.15) is 17.9 Å². The Balaban J connectivity index is 3.26. The van der Waals surface area contributed by atoms with Crippen molar-refractivity contribution in [2.24, 2.45) is 5.92 Å². The van der Waals surface area contributed by atoms with Crippen molar-refractivity contribution in [1.29, 1.82) is 0 Å². The normalized spacial score (nSPS) is 13.9. The van der Waals surface area contributed by atoms with Crippen LogP contribution in [0, 0.1) is 5.92 Å². The van der Waals surface area contributed by atoms with Crippen molar-refractivity contribution in [2.45, 2.75) is 31.0 Å². The molecule has 1 N–H and O–H groups in total. The number of nitrogens with one attached hydrogen (secondary N) is 1. The van der Waals surface area contributed by atoms with Crippen molar-refractivity contribution in [2.75, 3.05) is 7.11 Å². The number of carbonyl (C=O) groups is 1. The van der Waals surface area contributed by atoms with Crippen molar-refractivity contribution in [3.8, 4) is 0 Å². The Hall–Kier alpha value is -1.32. The lowest BCUT2D eigenvalue weighted by Gasteiger charge is -2.20. The lowest BCUT2D eigenvalue weighted by atomic mass is 10.1. The molecule has 0 heterocycles. The molecular weight excluding hydrogens is 359 g/mol. The van der Waals surface area contributed by atoms with Crippen molar-refractivity contribution in [3.05, 3.63) is 28.8 Å². The van der Waals surface area contributed by atoms with Gasteiger partial charge in [0.1, 0.15) is 6.04 Å². The van der Waals surface area contributed by atoms with Gasteiger partial charge in [0.05, 0.1) is 22.6 Å². The smallest absolute Gasteiger partial charge is 0.417 e. The van der Waals surface area contributed by atoms with E-state index >= 15 is 0 Å². The molecule has 0 radical (unpaired) electrons. The Labute approximate surface area is 136 Å². The first-order valence-electron chi connectivity index (χ1n) is 6.37. The minimum atomic E-state index is -4.80. The van der Waals surface area contributed by atoms with E-state index in [0.29, 0.717) is 6.07 Å². The van der Waals surface area contributed by atoms with Gasteiger partial charge < -0.3 is 4.74 Å². The Bertz CT molecular complexity index is 689. The number of alkyl halides is 3. The zero-order valence-electron chi connectivity index (χ0n) is 12.4. The Morgan fingerprint density at radius 3 is 2.30 bits per heavy atom. The van der Waals surface area contributed by atoms with Crippen LogP contribution in [0.1, 0.15) is 19.4 Å². The predicted molar refractivity (Wildman–Crippen MR) is 77.4 cm³/mol. The van der Waals surface area contributed by atoms with E-state index in [9.17, 15) is 26.4 Å². The maximum absolute atomic E-state index is 12.8. The Kier molecular flexibility index (Phi) is 6.06. The second kappa shape index (κ2) is 7.06. The second-order valence-electron chi connectivity index (χ2n) is 5.01. The van der Waals surface area contributed by atoms with Gasteiger partial charge in [0, 0.05) is 0 Å². The van der Waals surface area contributed by atoms with Gasteiger partial charge in [-0.1, -0.05) is 25.4 Å². The minimum Gasteiger partial charge on any atom is -0.468 e. The number of sulfonamides is 1. The number of hydrogen-bond acceptors (Lipinski definition) is 4. The molecule has 0 aliphatic carbocycles. The summed E-state index contributed by atoms with van der Waals surface area (Å²) in [6.45, 7) is 3.13. The molecule has 0 saturated heterocycles. The molecular formula is C13H15ClF3NO4S. The van der Waals surface area contributed by atoms with Crippen LogP contribution >= 0.6 is 11.6 Å². The summed E-state index contributed by atoms with van der Waals surface area (Å²) in [7, 11) is -3.29. The summed E-state index contributed by atoms with van der Waals surface area (Å²) in [4.78, 5) is 10.9. The first kappa shape index (κ1) is 19.7. The summed E-state index contributed by atoms with van der Waals surface area (Å²) in [5.41, 5.74) is -1.28. The highest BCUT2D eigenvalue weighted by atomic mass is 35.5. The third kappa shape index (κ3) is 4.82. The third-order valence-corrected chi connectivity index (χ3v) is 4.73. The lowest BCUT2D eigenvalue weighted by Crippen LogP contribution is -2.44. The molecule has 10 heteroatoms. The maximum Gasteiger partial charge on any atom is 0.417 e. The van der Waals surface area contributed by atoms with Gasteiger partial charge in [0.2, 0.25) is 10.0 Å². The van der Waals surface area contributed by atoms with Crippen molar-refractivity contribution in [1.82, 2.24) is 4.72 Å². The van der Waals surface area contributed by atoms with E-state index < -0.39 is 49.6 Å². The fraction of sp³-hybridized carbons (Fsp3) is 0.462. The van der Waals surface area contributed by atoms with Gasteiger partial charge in [-0.05, 0) is 24.1 Å². The summed E-state index contributed by atoms with van der Waals surface area (Å²) < 4.78 is 69.4. The molecule has 130 valence electrons. The van der Waals surface area contributed by atoms with Crippen LogP contribution < -0.4 is 4.72 Å². The van der Waals surface area contributed by atoms with Crippen LogP contribution in [-0.2, 0) is 25.7 Å². The molecule has 23 heavy (non-hydrogen) atoms. The van der Waals surface area contributed by atoms with E-state index in [1.54, 1.807) is 13.8 Å². The molecule has 0 saturated carbocycles. The van der Waals surface area contributed by atoms with Crippen LogP contribution in [-0.4, -0.2) is 27.5 Å². The van der Waals surface area contributed by atoms with Gasteiger partial charge in [0.15, 0.2) is 0 Å². The molecule has 1 atom stereocenters. The summed E-state index contributed by atoms with van der Waals surface area (Å²) >= 11 is 5.45. The number of methoxy groups -OCH3 is 1. The fourth-order valence-corrected chi connectivity index (χ4v) is 3.29. The highest BCUT2D eigenvalue weighted by Crippen LogP contribution is 2.35. The molecule has 0 aliphatic rings. The predicted octanol–water partition coefficient (Wildman–Crippen LogP) is 2.83. The largest absolute Gasteiger partial charge is 0.468 e. The zero-order valence-corrected chi connectivity index (χ0v) is 14.0. The molecule has 5 nitrogen and oxygen atoms in total. The quantitative estimate of drug-likeness (QED) is 0.805. The summed E-state index contributed by atoms with van der Waals surface area (Å²) in [5, 5.41) is -0.621. The van der Waals surface area contributed by atoms with Crippen molar-refractivity contribution < 1.29 is 31.1 Å². The SMILES string of the molecule is COC(=O)[C@@H](NS(=O)(=O)c1ccc(Cl)c(C(F)(F)F)c1)C(C)C. The summed E-state index contributed by atoms with van der Waals surface area (Å²) in [5.74, 6) is -1.31. The molecule has 1 aromatic carbocycles. The number of ether oxygens (including phenoxy) is 1. The molecule has 0 bridgehead atoms. The molecule has 1 aromatic rings. The number of benzene rings is 1. The average molecular weight is 374 g/mol. The zero-order chi connectivity index (χ0) is 18.0. The van der Waals surface area contributed by atoms with E-state index in [2.05, 4.69) is 4.74 Å². The standard InChI is InChI=1S/C13H15ClF3NO4S/c1-7(2)11(12(19)22-3)18-23(20,21)8-4-5-10(14)9(6-8)13(15,16)17/h4-7,11,18H,1-3H3/t11-/m0/s1. The van der Waals surface area contributed by atoms with Crippen LogP contribution in [0.3, 0.4) is 0 Å². The van der Waals surface area contributed by atoms with Crippen LogP contribution in [0.2, 0.25) is 5.02 Å². The topological polar surface area (TPSA) is 72.5 Å². The van der Waals surface area contributed by atoms with Crippen molar-refractivity contribution >= 4 is 27.6 Å². The van der Waals surface area contributed by atoms with Crippen molar-refractivity contribution in [3.63, 3.8) is 0 Å².